The van der Waals surface area contributed by atoms with E-state index in [9.17, 15) is 8.78 Å². The molecule has 0 radical (unpaired) electrons. The first-order valence-corrected chi connectivity index (χ1v) is 5.91. The van der Waals surface area contributed by atoms with Crippen LogP contribution in [0.1, 0.15) is 18.5 Å². The van der Waals surface area contributed by atoms with Crippen LogP contribution < -0.4 is 5.32 Å². The van der Waals surface area contributed by atoms with Gasteiger partial charge < -0.3 is 5.32 Å². The van der Waals surface area contributed by atoms with Gasteiger partial charge in [0.15, 0.2) is 0 Å². The molecule has 0 heterocycles. The minimum Gasteiger partial charge on any atom is -0.378 e. The van der Waals surface area contributed by atoms with Crippen molar-refractivity contribution >= 4 is 17.3 Å². The van der Waals surface area contributed by atoms with Crippen molar-refractivity contribution in [2.24, 2.45) is 0 Å². The lowest BCUT2D eigenvalue weighted by atomic mass is 10.1. The monoisotopic (exact) mass is 267 g/mol. The van der Waals surface area contributed by atoms with Gasteiger partial charge in [0.2, 0.25) is 0 Å². The van der Waals surface area contributed by atoms with Gasteiger partial charge in [-0.05, 0) is 31.2 Å². The van der Waals surface area contributed by atoms with Crippen molar-refractivity contribution in [3.8, 4) is 0 Å². The van der Waals surface area contributed by atoms with Crippen molar-refractivity contribution < 1.29 is 8.78 Å². The van der Waals surface area contributed by atoms with Gasteiger partial charge in [0.25, 0.3) is 0 Å². The van der Waals surface area contributed by atoms with Crippen molar-refractivity contribution in [3.63, 3.8) is 0 Å². The van der Waals surface area contributed by atoms with Crippen LogP contribution in [-0.4, -0.2) is 0 Å². The molecule has 1 N–H and O–H groups in total. The number of halogens is 3. The molecule has 0 amide bonds. The third kappa shape index (κ3) is 2.79. The summed E-state index contributed by atoms with van der Waals surface area (Å²) in [5, 5.41) is 3.12. The maximum atomic E-state index is 13.6. The molecule has 1 unspecified atom stereocenters. The van der Waals surface area contributed by atoms with Crippen molar-refractivity contribution in [1.29, 1.82) is 0 Å². The zero-order valence-electron chi connectivity index (χ0n) is 9.75. The van der Waals surface area contributed by atoms with Gasteiger partial charge in [0, 0.05) is 11.3 Å². The van der Waals surface area contributed by atoms with Gasteiger partial charge in [-0.2, -0.15) is 0 Å². The number of anilines is 1. The van der Waals surface area contributed by atoms with Gasteiger partial charge in [-0.15, -0.1) is 0 Å². The molecule has 0 bridgehead atoms. The molecule has 18 heavy (non-hydrogen) atoms. The highest BCUT2D eigenvalue weighted by Gasteiger charge is 2.10. The van der Waals surface area contributed by atoms with E-state index in [0.29, 0.717) is 11.3 Å². The molecule has 4 heteroatoms. The molecule has 0 fully saturated rings. The Bertz CT molecular complexity index is 557. The predicted octanol–water partition coefficient (Wildman–Crippen LogP) is 4.79. The Kier molecular flexibility index (Phi) is 3.82. The predicted molar refractivity (Wildman–Crippen MR) is 69.8 cm³/mol. The molecule has 0 aliphatic heterocycles. The summed E-state index contributed by atoms with van der Waals surface area (Å²) in [6.45, 7) is 1.83. The van der Waals surface area contributed by atoms with E-state index >= 15 is 0 Å². The first-order valence-electron chi connectivity index (χ1n) is 5.54. The fourth-order valence-corrected chi connectivity index (χ4v) is 1.92. The number of hydrogen-bond donors (Lipinski definition) is 1. The lowest BCUT2D eigenvalue weighted by Gasteiger charge is -2.16. The zero-order valence-corrected chi connectivity index (χ0v) is 10.5. The van der Waals surface area contributed by atoms with Crippen LogP contribution in [0.3, 0.4) is 0 Å². The highest BCUT2D eigenvalue weighted by atomic mass is 35.5. The summed E-state index contributed by atoms with van der Waals surface area (Å²) < 4.78 is 26.6. The zero-order chi connectivity index (χ0) is 13.1. The highest BCUT2D eigenvalue weighted by Crippen LogP contribution is 2.24. The van der Waals surface area contributed by atoms with E-state index in [1.165, 1.54) is 18.2 Å². The first kappa shape index (κ1) is 12.8. The maximum Gasteiger partial charge on any atom is 0.141 e. The van der Waals surface area contributed by atoms with Crippen LogP contribution in [0, 0.1) is 11.6 Å². The third-order valence-electron chi connectivity index (χ3n) is 2.67. The molecule has 94 valence electrons. The third-order valence-corrected chi connectivity index (χ3v) is 2.96. The summed E-state index contributed by atoms with van der Waals surface area (Å²) >= 11 is 5.69. The Hall–Kier alpha value is -1.61. The van der Waals surface area contributed by atoms with Crippen molar-refractivity contribution in [1.82, 2.24) is 0 Å². The second-order valence-electron chi connectivity index (χ2n) is 4.02. The Morgan fingerprint density at radius 3 is 2.44 bits per heavy atom. The number of nitrogens with one attached hydrogen (secondary N) is 1. The first-order chi connectivity index (χ1) is 8.58. The molecule has 0 saturated carbocycles. The summed E-state index contributed by atoms with van der Waals surface area (Å²) in [6, 6.07) is 10.6. The van der Waals surface area contributed by atoms with Crippen LogP contribution in [0.25, 0.3) is 0 Å². The van der Waals surface area contributed by atoms with Crippen molar-refractivity contribution in [2.45, 2.75) is 13.0 Å². The smallest absolute Gasteiger partial charge is 0.141 e. The summed E-state index contributed by atoms with van der Waals surface area (Å²) in [5.74, 6) is -0.744. The Balaban J connectivity index is 2.19. The lowest BCUT2D eigenvalue weighted by Crippen LogP contribution is -2.08. The molecule has 1 nitrogen and oxygen atoms in total. The van der Waals surface area contributed by atoms with Gasteiger partial charge in [-0.3, -0.25) is 0 Å². The minimum atomic E-state index is -0.472. The second kappa shape index (κ2) is 5.36. The molecule has 0 saturated heterocycles. The number of benzene rings is 2. The highest BCUT2D eigenvalue weighted by molar-refractivity contribution is 6.31. The van der Waals surface area contributed by atoms with E-state index < -0.39 is 5.82 Å². The van der Waals surface area contributed by atoms with Crippen LogP contribution >= 0.6 is 11.6 Å². The topological polar surface area (TPSA) is 12.0 Å². The number of hydrogen-bond acceptors (Lipinski definition) is 1. The van der Waals surface area contributed by atoms with Crippen LogP contribution in [0.15, 0.2) is 42.5 Å². The molecule has 0 aliphatic carbocycles. The standard InChI is InChI=1S/C14H12ClF2N/c1-9(11-4-2-3-5-13(11)16)18-10-6-7-14(17)12(15)8-10/h2-9,18H,1H3. The van der Waals surface area contributed by atoms with Crippen molar-refractivity contribution in [3.05, 3.63) is 64.7 Å². The van der Waals surface area contributed by atoms with Gasteiger partial charge in [0.05, 0.1) is 11.1 Å². The Morgan fingerprint density at radius 2 is 1.78 bits per heavy atom. The van der Waals surface area contributed by atoms with E-state index in [2.05, 4.69) is 5.32 Å². The normalized spacial score (nSPS) is 12.2. The summed E-state index contributed by atoms with van der Waals surface area (Å²) in [4.78, 5) is 0. The minimum absolute atomic E-state index is 0.0423. The van der Waals surface area contributed by atoms with Gasteiger partial charge in [-0.1, -0.05) is 29.8 Å². The van der Waals surface area contributed by atoms with Crippen LogP contribution in [0.5, 0.6) is 0 Å². The fraction of sp³-hybridized carbons (Fsp3) is 0.143. The second-order valence-corrected chi connectivity index (χ2v) is 4.42. The molecule has 2 aromatic rings. The van der Waals surface area contributed by atoms with E-state index in [-0.39, 0.29) is 16.9 Å². The van der Waals surface area contributed by atoms with Crippen molar-refractivity contribution in [2.75, 3.05) is 5.32 Å². The molecular weight excluding hydrogens is 256 g/mol. The summed E-state index contributed by atoms with van der Waals surface area (Å²) in [5.41, 5.74) is 1.20. The summed E-state index contributed by atoms with van der Waals surface area (Å²) in [7, 11) is 0. The lowest BCUT2D eigenvalue weighted by molar-refractivity contribution is 0.600. The Morgan fingerprint density at radius 1 is 1.06 bits per heavy atom. The summed E-state index contributed by atoms with van der Waals surface area (Å²) in [6.07, 6.45) is 0. The molecular formula is C14H12ClF2N. The average molecular weight is 268 g/mol. The van der Waals surface area contributed by atoms with Gasteiger partial charge in [-0.25, -0.2) is 8.78 Å². The molecule has 1 atom stereocenters. The molecule has 0 aliphatic rings. The number of rotatable bonds is 3. The molecule has 2 aromatic carbocycles. The largest absolute Gasteiger partial charge is 0.378 e. The van der Waals surface area contributed by atoms with Crippen LogP contribution in [-0.2, 0) is 0 Å². The SMILES string of the molecule is CC(Nc1ccc(F)c(Cl)c1)c1ccccc1F. The molecule has 0 spiro atoms. The maximum absolute atomic E-state index is 13.6. The van der Waals surface area contributed by atoms with Crippen LogP contribution in [0.2, 0.25) is 5.02 Å². The van der Waals surface area contributed by atoms with Gasteiger partial charge in [0.1, 0.15) is 11.6 Å². The average Bonchev–Trinajstić information content (AvgIpc) is 2.34. The Labute approximate surface area is 109 Å². The quantitative estimate of drug-likeness (QED) is 0.843. The fourth-order valence-electron chi connectivity index (χ4n) is 1.74. The van der Waals surface area contributed by atoms with E-state index in [1.54, 1.807) is 24.3 Å². The van der Waals surface area contributed by atoms with E-state index in [4.69, 9.17) is 11.6 Å². The molecule has 2 rings (SSSR count). The van der Waals surface area contributed by atoms with E-state index in [1.807, 2.05) is 6.92 Å². The van der Waals surface area contributed by atoms with Gasteiger partial charge >= 0.3 is 0 Å². The molecule has 0 aromatic heterocycles. The van der Waals surface area contributed by atoms with E-state index in [0.717, 1.165) is 0 Å². The van der Waals surface area contributed by atoms with Crippen LogP contribution in [0.4, 0.5) is 14.5 Å².